The molecule has 2 aliphatic heterocycles. The minimum atomic E-state index is -0.00483. The van der Waals surface area contributed by atoms with Crippen molar-refractivity contribution in [3.8, 4) is 0 Å². The fourth-order valence-electron chi connectivity index (χ4n) is 2.45. The van der Waals surface area contributed by atoms with E-state index in [0.717, 1.165) is 52.0 Å². The fraction of sp³-hybridized carbons (Fsp3) is 1.00. The maximum absolute atomic E-state index is 8.72. The summed E-state index contributed by atoms with van der Waals surface area (Å²) in [6, 6.07) is 0.534. The third kappa shape index (κ3) is 2.91. The Kier molecular flexibility index (Phi) is 3.97. The van der Waals surface area contributed by atoms with E-state index < -0.39 is 0 Å². The quantitative estimate of drug-likeness (QED) is 0.662. The van der Waals surface area contributed by atoms with Crippen molar-refractivity contribution in [3.05, 3.63) is 0 Å². The van der Waals surface area contributed by atoms with Crippen molar-refractivity contribution in [2.24, 2.45) is 0 Å². The molecule has 0 amide bonds. The second kappa shape index (κ2) is 5.25. The summed E-state index contributed by atoms with van der Waals surface area (Å²) >= 11 is 0. The number of nitrogens with one attached hydrogen (secondary N) is 1. The van der Waals surface area contributed by atoms with Gasteiger partial charge in [0.2, 0.25) is 0 Å². The van der Waals surface area contributed by atoms with E-state index in [1.807, 2.05) is 0 Å². The smallest absolute Gasteiger partial charge is 0.0951 e. The monoisotopic (exact) mass is 215 g/mol. The van der Waals surface area contributed by atoms with Gasteiger partial charge in [-0.25, -0.2) is 0 Å². The average molecular weight is 215 g/mol. The van der Waals surface area contributed by atoms with Crippen molar-refractivity contribution < 1.29 is 14.6 Å². The highest BCUT2D eigenvalue weighted by molar-refractivity contribution is 4.92. The average Bonchev–Trinajstić information content (AvgIpc) is 2.67. The summed E-state index contributed by atoms with van der Waals surface area (Å²) in [6.07, 6.45) is 4.00. The maximum atomic E-state index is 8.72. The van der Waals surface area contributed by atoms with Gasteiger partial charge in [-0.1, -0.05) is 0 Å². The molecule has 88 valence electrons. The predicted molar refractivity (Wildman–Crippen MR) is 56.8 cm³/mol. The minimum Gasteiger partial charge on any atom is -0.396 e. The standard InChI is InChI=1S/C11H21NO3/c13-5-1-4-12-10-2-6-15-11(8-10)3-7-14-9-11/h10,12-13H,1-9H2. The van der Waals surface area contributed by atoms with Crippen LogP contribution in [-0.2, 0) is 9.47 Å². The van der Waals surface area contributed by atoms with E-state index in [-0.39, 0.29) is 12.2 Å². The topological polar surface area (TPSA) is 50.7 Å². The number of aliphatic hydroxyl groups excluding tert-OH is 1. The van der Waals surface area contributed by atoms with Gasteiger partial charge >= 0.3 is 0 Å². The first-order valence-corrected chi connectivity index (χ1v) is 5.91. The Morgan fingerprint density at radius 2 is 2.33 bits per heavy atom. The van der Waals surface area contributed by atoms with Gasteiger partial charge in [0.1, 0.15) is 0 Å². The molecule has 0 saturated carbocycles. The lowest BCUT2D eigenvalue weighted by Gasteiger charge is -2.37. The molecule has 2 rings (SSSR count). The second-order valence-electron chi connectivity index (χ2n) is 4.56. The van der Waals surface area contributed by atoms with Gasteiger partial charge in [-0.2, -0.15) is 0 Å². The zero-order valence-corrected chi connectivity index (χ0v) is 9.21. The Labute approximate surface area is 90.9 Å². The van der Waals surface area contributed by atoms with E-state index in [2.05, 4.69) is 5.32 Å². The van der Waals surface area contributed by atoms with Crippen LogP contribution >= 0.6 is 0 Å². The molecule has 0 bridgehead atoms. The van der Waals surface area contributed by atoms with Crippen LogP contribution in [0.5, 0.6) is 0 Å². The van der Waals surface area contributed by atoms with Gasteiger partial charge in [-0.15, -0.1) is 0 Å². The molecule has 0 aromatic heterocycles. The van der Waals surface area contributed by atoms with Gasteiger partial charge in [0.25, 0.3) is 0 Å². The lowest BCUT2D eigenvalue weighted by molar-refractivity contribution is -0.0892. The third-order valence-electron chi connectivity index (χ3n) is 3.33. The minimum absolute atomic E-state index is 0.00483. The van der Waals surface area contributed by atoms with E-state index in [1.165, 1.54) is 0 Å². The second-order valence-corrected chi connectivity index (χ2v) is 4.56. The van der Waals surface area contributed by atoms with Crippen LogP contribution < -0.4 is 5.32 Å². The molecule has 2 unspecified atom stereocenters. The highest BCUT2D eigenvalue weighted by Gasteiger charge is 2.40. The van der Waals surface area contributed by atoms with Crippen molar-refractivity contribution >= 4 is 0 Å². The number of hydrogen-bond donors (Lipinski definition) is 2. The summed E-state index contributed by atoms with van der Waals surface area (Å²) in [5.41, 5.74) is -0.00483. The van der Waals surface area contributed by atoms with Gasteiger partial charge in [0.05, 0.1) is 12.2 Å². The molecule has 2 N–H and O–H groups in total. The number of hydrogen-bond acceptors (Lipinski definition) is 4. The SMILES string of the molecule is OCCCNC1CCOC2(CCOC2)C1. The molecule has 0 aliphatic carbocycles. The molecule has 0 aromatic carbocycles. The largest absolute Gasteiger partial charge is 0.396 e. The Balaban J connectivity index is 1.76. The lowest BCUT2D eigenvalue weighted by Crippen LogP contribution is -2.47. The first-order chi connectivity index (χ1) is 7.35. The zero-order chi connectivity index (χ0) is 10.6. The Morgan fingerprint density at radius 1 is 1.40 bits per heavy atom. The number of aliphatic hydroxyl groups is 1. The van der Waals surface area contributed by atoms with Crippen LogP contribution in [-0.4, -0.2) is 49.7 Å². The van der Waals surface area contributed by atoms with Gasteiger partial charge < -0.3 is 19.9 Å². The Morgan fingerprint density at radius 3 is 3.07 bits per heavy atom. The highest BCUT2D eigenvalue weighted by Crippen LogP contribution is 2.32. The predicted octanol–water partition coefficient (Wildman–Crippen LogP) is 0.296. The molecule has 2 aliphatic rings. The first kappa shape index (κ1) is 11.3. The summed E-state index contributed by atoms with van der Waals surface area (Å²) in [5.74, 6) is 0. The molecule has 2 fully saturated rings. The van der Waals surface area contributed by atoms with E-state index in [4.69, 9.17) is 14.6 Å². The van der Waals surface area contributed by atoms with E-state index in [0.29, 0.717) is 6.04 Å². The Bertz CT molecular complexity index is 192. The van der Waals surface area contributed by atoms with E-state index in [1.54, 1.807) is 0 Å². The zero-order valence-electron chi connectivity index (χ0n) is 9.21. The summed E-state index contributed by atoms with van der Waals surface area (Å²) in [5, 5.41) is 12.2. The Hall–Kier alpha value is -0.160. The maximum Gasteiger partial charge on any atom is 0.0951 e. The van der Waals surface area contributed by atoms with Crippen LogP contribution in [0.4, 0.5) is 0 Å². The molecule has 4 nitrogen and oxygen atoms in total. The number of rotatable bonds is 4. The normalized spacial score (nSPS) is 36.2. The highest BCUT2D eigenvalue weighted by atomic mass is 16.6. The van der Waals surface area contributed by atoms with E-state index in [9.17, 15) is 0 Å². The van der Waals surface area contributed by atoms with Crippen molar-refractivity contribution in [2.45, 2.75) is 37.3 Å². The van der Waals surface area contributed by atoms with Crippen LogP contribution in [0.2, 0.25) is 0 Å². The van der Waals surface area contributed by atoms with Crippen LogP contribution in [0.3, 0.4) is 0 Å². The van der Waals surface area contributed by atoms with Gasteiger partial charge in [0.15, 0.2) is 0 Å². The van der Waals surface area contributed by atoms with Crippen molar-refractivity contribution in [3.63, 3.8) is 0 Å². The third-order valence-corrected chi connectivity index (χ3v) is 3.33. The van der Waals surface area contributed by atoms with Gasteiger partial charge in [-0.3, -0.25) is 0 Å². The molecule has 15 heavy (non-hydrogen) atoms. The molecule has 0 radical (unpaired) electrons. The van der Waals surface area contributed by atoms with Crippen LogP contribution in [0, 0.1) is 0 Å². The van der Waals surface area contributed by atoms with Crippen LogP contribution in [0.1, 0.15) is 25.7 Å². The molecule has 2 saturated heterocycles. The summed E-state index contributed by atoms with van der Waals surface area (Å²) in [6.45, 7) is 3.59. The molecular formula is C11H21NO3. The molecule has 2 atom stereocenters. The molecular weight excluding hydrogens is 194 g/mol. The molecule has 2 heterocycles. The summed E-state index contributed by atoms with van der Waals surface area (Å²) in [4.78, 5) is 0. The molecule has 0 aromatic rings. The summed E-state index contributed by atoms with van der Waals surface area (Å²) < 4.78 is 11.3. The van der Waals surface area contributed by atoms with E-state index >= 15 is 0 Å². The van der Waals surface area contributed by atoms with Crippen LogP contribution in [0.25, 0.3) is 0 Å². The lowest BCUT2D eigenvalue weighted by atomic mass is 9.89. The van der Waals surface area contributed by atoms with Crippen molar-refractivity contribution in [1.82, 2.24) is 5.32 Å². The van der Waals surface area contributed by atoms with Crippen molar-refractivity contribution in [1.29, 1.82) is 0 Å². The first-order valence-electron chi connectivity index (χ1n) is 5.91. The van der Waals surface area contributed by atoms with Crippen LogP contribution in [0.15, 0.2) is 0 Å². The fourth-order valence-corrected chi connectivity index (χ4v) is 2.45. The summed E-state index contributed by atoms with van der Waals surface area (Å²) in [7, 11) is 0. The molecule has 4 heteroatoms. The van der Waals surface area contributed by atoms with Gasteiger partial charge in [-0.05, 0) is 25.8 Å². The molecule has 1 spiro atoms. The van der Waals surface area contributed by atoms with Crippen molar-refractivity contribution in [2.75, 3.05) is 33.0 Å². The number of ether oxygens (including phenoxy) is 2. The van der Waals surface area contributed by atoms with Gasteiger partial charge in [0, 0.05) is 32.3 Å².